The van der Waals surface area contributed by atoms with E-state index >= 15 is 0 Å². The summed E-state index contributed by atoms with van der Waals surface area (Å²) < 4.78 is 0. The number of carbonyl (C=O) groups is 1. The Morgan fingerprint density at radius 2 is 2.11 bits per heavy atom. The summed E-state index contributed by atoms with van der Waals surface area (Å²) in [6, 6.07) is 0.231. The fraction of sp³-hybridized carbons (Fsp3) is 0.706. The van der Waals surface area contributed by atoms with Gasteiger partial charge in [0.15, 0.2) is 0 Å². The zero-order valence-corrected chi connectivity index (χ0v) is 13.0. The maximum atomic E-state index is 11.7. The molecule has 19 heavy (non-hydrogen) atoms. The van der Waals surface area contributed by atoms with Gasteiger partial charge in [-0.2, -0.15) is 0 Å². The van der Waals surface area contributed by atoms with E-state index < -0.39 is 0 Å². The molecule has 0 spiro atoms. The first-order valence-electron chi connectivity index (χ1n) is 7.76. The largest absolute Gasteiger partial charge is 0.350 e. The predicted molar refractivity (Wildman–Crippen MR) is 82.0 cm³/mol. The molecule has 1 rings (SSSR count). The zero-order chi connectivity index (χ0) is 14.3. The molecular weight excluding hydrogens is 234 g/mol. The molecule has 108 valence electrons. The van der Waals surface area contributed by atoms with Gasteiger partial charge in [0.05, 0.1) is 6.04 Å². The van der Waals surface area contributed by atoms with E-state index in [2.05, 4.69) is 38.2 Å². The number of nitrogens with one attached hydrogen (secondary N) is 1. The second kappa shape index (κ2) is 8.19. The lowest BCUT2D eigenvalue weighted by Gasteiger charge is -2.23. The minimum atomic E-state index is 0.167. The van der Waals surface area contributed by atoms with Crippen LogP contribution in [0.2, 0.25) is 0 Å². The molecule has 1 N–H and O–H groups in total. The van der Waals surface area contributed by atoms with Crippen molar-refractivity contribution >= 4 is 5.91 Å². The molecule has 1 aliphatic carbocycles. The number of rotatable bonds is 8. The first kappa shape index (κ1) is 16.0. The molecule has 2 nitrogen and oxygen atoms in total. The Morgan fingerprint density at radius 1 is 1.37 bits per heavy atom. The highest BCUT2D eigenvalue weighted by atomic mass is 16.1. The highest BCUT2D eigenvalue weighted by Gasteiger charge is 2.21. The van der Waals surface area contributed by atoms with E-state index in [-0.39, 0.29) is 11.9 Å². The molecule has 2 heteroatoms. The number of unbranched alkanes of at least 4 members (excludes halogenated alkanes) is 1. The minimum absolute atomic E-state index is 0.167. The van der Waals surface area contributed by atoms with Crippen LogP contribution in [-0.2, 0) is 4.79 Å². The molecule has 0 aromatic carbocycles. The van der Waals surface area contributed by atoms with Crippen molar-refractivity contribution in [2.45, 2.75) is 72.3 Å². The van der Waals surface area contributed by atoms with E-state index in [0.29, 0.717) is 12.3 Å². The minimum Gasteiger partial charge on any atom is -0.350 e. The lowest BCUT2D eigenvalue weighted by atomic mass is 9.92. The third-order valence-corrected chi connectivity index (χ3v) is 3.65. The number of amides is 1. The van der Waals surface area contributed by atoms with Crippen molar-refractivity contribution in [3.63, 3.8) is 0 Å². The lowest BCUT2D eigenvalue weighted by molar-refractivity contribution is -0.121. The van der Waals surface area contributed by atoms with E-state index in [0.717, 1.165) is 19.3 Å². The molecule has 0 saturated heterocycles. The number of allylic oxidation sites excluding steroid dienone is 3. The van der Waals surface area contributed by atoms with Crippen LogP contribution in [0.4, 0.5) is 0 Å². The van der Waals surface area contributed by atoms with Gasteiger partial charge < -0.3 is 5.32 Å². The predicted octanol–water partition coefficient (Wildman–Crippen LogP) is 4.37. The van der Waals surface area contributed by atoms with Gasteiger partial charge >= 0.3 is 0 Å². The highest BCUT2D eigenvalue weighted by molar-refractivity contribution is 5.76. The van der Waals surface area contributed by atoms with Crippen molar-refractivity contribution in [3.8, 4) is 0 Å². The van der Waals surface area contributed by atoms with Gasteiger partial charge in [-0.15, -0.1) is 0 Å². The van der Waals surface area contributed by atoms with Crippen LogP contribution in [0.15, 0.2) is 23.3 Å². The topological polar surface area (TPSA) is 29.1 Å². The second-order valence-electron chi connectivity index (χ2n) is 5.86. The highest BCUT2D eigenvalue weighted by Crippen LogP contribution is 2.28. The van der Waals surface area contributed by atoms with Gasteiger partial charge in [0, 0.05) is 6.42 Å². The quantitative estimate of drug-likeness (QED) is 0.692. The van der Waals surface area contributed by atoms with E-state index in [1.807, 2.05) is 6.92 Å². The molecular formula is C17H29NO. The molecule has 0 aromatic rings. The molecule has 0 aliphatic heterocycles. The van der Waals surface area contributed by atoms with Gasteiger partial charge in [0.25, 0.3) is 0 Å². The fourth-order valence-electron chi connectivity index (χ4n) is 2.60. The summed E-state index contributed by atoms with van der Waals surface area (Å²) in [5.41, 5.74) is 2.91. The molecule has 0 fully saturated rings. The molecule has 1 unspecified atom stereocenters. The molecule has 0 heterocycles. The Kier molecular flexibility index (Phi) is 6.90. The smallest absolute Gasteiger partial charge is 0.220 e. The fourth-order valence-corrected chi connectivity index (χ4v) is 2.60. The first-order chi connectivity index (χ1) is 9.08. The Morgan fingerprint density at radius 3 is 2.68 bits per heavy atom. The Hall–Kier alpha value is -1.05. The maximum Gasteiger partial charge on any atom is 0.220 e. The van der Waals surface area contributed by atoms with Gasteiger partial charge in [-0.1, -0.05) is 46.3 Å². The Balaban J connectivity index is 2.79. The number of hydrogen-bond donors (Lipinski definition) is 1. The standard InChI is InChI=1S/C17H29NO/c1-5-7-9-14-10-8-11-15(14)16(12-13(3)4)18-17(19)6-2/h8,10,13,16H,5-7,9,11-12H2,1-4H3,(H,18,19). The molecule has 0 bridgehead atoms. The van der Waals surface area contributed by atoms with Crippen LogP contribution in [0.5, 0.6) is 0 Å². The molecule has 1 amide bonds. The summed E-state index contributed by atoms with van der Waals surface area (Å²) in [4.78, 5) is 11.7. The van der Waals surface area contributed by atoms with Crippen molar-refractivity contribution in [1.82, 2.24) is 5.32 Å². The van der Waals surface area contributed by atoms with Crippen LogP contribution < -0.4 is 5.32 Å². The molecule has 1 aliphatic rings. The lowest BCUT2D eigenvalue weighted by Crippen LogP contribution is -2.37. The van der Waals surface area contributed by atoms with Gasteiger partial charge in [0.1, 0.15) is 0 Å². The Labute approximate surface area is 118 Å². The van der Waals surface area contributed by atoms with Crippen molar-refractivity contribution in [2.24, 2.45) is 5.92 Å². The van der Waals surface area contributed by atoms with Crippen LogP contribution in [-0.4, -0.2) is 11.9 Å². The monoisotopic (exact) mass is 263 g/mol. The maximum absolute atomic E-state index is 11.7. The van der Waals surface area contributed by atoms with E-state index in [9.17, 15) is 4.79 Å². The first-order valence-corrected chi connectivity index (χ1v) is 7.76. The summed E-state index contributed by atoms with van der Waals surface area (Å²) in [5, 5.41) is 3.21. The third kappa shape index (κ3) is 5.22. The summed E-state index contributed by atoms with van der Waals surface area (Å²) in [7, 11) is 0. The zero-order valence-electron chi connectivity index (χ0n) is 13.0. The van der Waals surface area contributed by atoms with Crippen LogP contribution in [0, 0.1) is 5.92 Å². The van der Waals surface area contributed by atoms with Crippen molar-refractivity contribution < 1.29 is 4.79 Å². The Bertz CT molecular complexity index is 352. The average Bonchev–Trinajstić information content (AvgIpc) is 2.83. The van der Waals surface area contributed by atoms with Gasteiger partial charge in [-0.25, -0.2) is 0 Å². The normalized spacial score (nSPS) is 16.3. The summed E-state index contributed by atoms with van der Waals surface area (Å²) in [5.74, 6) is 0.766. The third-order valence-electron chi connectivity index (χ3n) is 3.65. The summed E-state index contributed by atoms with van der Waals surface area (Å²) in [6.45, 7) is 8.59. The second-order valence-corrected chi connectivity index (χ2v) is 5.86. The molecule has 1 atom stereocenters. The van der Waals surface area contributed by atoms with Gasteiger partial charge in [-0.3, -0.25) is 4.79 Å². The number of carbonyl (C=O) groups excluding carboxylic acids is 1. The van der Waals surface area contributed by atoms with E-state index in [4.69, 9.17) is 0 Å². The number of hydrogen-bond acceptors (Lipinski definition) is 1. The van der Waals surface area contributed by atoms with Crippen LogP contribution >= 0.6 is 0 Å². The molecule has 0 saturated carbocycles. The van der Waals surface area contributed by atoms with E-state index in [1.54, 1.807) is 0 Å². The van der Waals surface area contributed by atoms with Crippen molar-refractivity contribution in [2.75, 3.05) is 0 Å². The van der Waals surface area contributed by atoms with Crippen molar-refractivity contribution in [3.05, 3.63) is 23.3 Å². The van der Waals surface area contributed by atoms with Crippen LogP contribution in [0.25, 0.3) is 0 Å². The molecule has 0 aromatic heterocycles. The summed E-state index contributed by atoms with van der Waals surface area (Å²) >= 11 is 0. The summed E-state index contributed by atoms with van der Waals surface area (Å²) in [6.07, 6.45) is 10.7. The van der Waals surface area contributed by atoms with Crippen LogP contribution in [0.1, 0.15) is 66.2 Å². The van der Waals surface area contributed by atoms with Gasteiger partial charge in [0.2, 0.25) is 5.91 Å². The average molecular weight is 263 g/mol. The van der Waals surface area contributed by atoms with Crippen molar-refractivity contribution in [1.29, 1.82) is 0 Å². The van der Waals surface area contributed by atoms with Gasteiger partial charge in [-0.05, 0) is 42.7 Å². The van der Waals surface area contributed by atoms with Crippen LogP contribution in [0.3, 0.4) is 0 Å². The molecule has 0 radical (unpaired) electrons. The SMILES string of the molecule is CCCCC1=C(C(CC(C)C)NC(=O)CC)CC=C1. The van der Waals surface area contributed by atoms with E-state index in [1.165, 1.54) is 24.0 Å².